The maximum Gasteiger partial charge on any atom is 0.309 e. The van der Waals surface area contributed by atoms with Crippen molar-refractivity contribution in [2.24, 2.45) is 0 Å². The Kier molecular flexibility index (Phi) is 6.83. The Morgan fingerprint density at radius 3 is 2.18 bits per heavy atom. The molecule has 4 N–H and O–H groups in total. The van der Waals surface area contributed by atoms with Gasteiger partial charge in [0.05, 0.1) is 19.4 Å². The fraction of sp³-hybridized carbons (Fsp3) is 0.389. The molecule has 3 amide bonds. The molecule has 1 atom stereocenters. The van der Waals surface area contributed by atoms with Gasteiger partial charge in [-0.3, -0.25) is 29.3 Å². The minimum absolute atomic E-state index is 0.000300. The minimum Gasteiger partial charge on any atom is -0.481 e. The highest BCUT2D eigenvalue weighted by Gasteiger charge is 2.41. The smallest absolute Gasteiger partial charge is 0.309 e. The van der Waals surface area contributed by atoms with Crippen LogP contribution >= 0.6 is 0 Å². The standard InChI is InChI=1S/C14H15NO6.C4H5NO2/c16-11(17)7-9-1-3-10(4-2-9)15-13(19)14(20)5-6-21-12(18)8-14;6-3-1-2-4(7)5-3/h1-4,20H,5-8H2,(H,15,19)(H,16,17);1-2H2,(H,5,6,7). The van der Waals surface area contributed by atoms with Crippen LogP contribution in [0.15, 0.2) is 24.3 Å². The first-order chi connectivity index (χ1) is 13.2. The molecule has 1 aromatic carbocycles. The number of aliphatic hydroxyl groups is 1. The van der Waals surface area contributed by atoms with E-state index in [9.17, 15) is 29.1 Å². The summed E-state index contributed by atoms with van der Waals surface area (Å²) < 4.78 is 4.69. The van der Waals surface area contributed by atoms with Crippen molar-refractivity contribution in [3.8, 4) is 0 Å². The van der Waals surface area contributed by atoms with Crippen molar-refractivity contribution in [3.63, 3.8) is 0 Å². The number of benzene rings is 1. The number of esters is 1. The third kappa shape index (κ3) is 6.16. The van der Waals surface area contributed by atoms with Gasteiger partial charge in [0.1, 0.15) is 0 Å². The lowest BCUT2D eigenvalue weighted by atomic mass is 9.93. The molecule has 2 saturated heterocycles. The van der Waals surface area contributed by atoms with E-state index in [0.717, 1.165) is 0 Å². The first-order valence-electron chi connectivity index (χ1n) is 8.51. The van der Waals surface area contributed by atoms with Crippen LogP contribution in [-0.4, -0.2) is 52.1 Å². The molecule has 10 nitrogen and oxygen atoms in total. The predicted octanol–water partition coefficient (Wildman–Crippen LogP) is -0.257. The molecule has 10 heteroatoms. The van der Waals surface area contributed by atoms with Crippen LogP contribution in [0, 0.1) is 0 Å². The summed E-state index contributed by atoms with van der Waals surface area (Å²) in [7, 11) is 0. The molecular weight excluding hydrogens is 372 g/mol. The first kappa shape index (κ1) is 21.0. The Morgan fingerprint density at radius 2 is 1.71 bits per heavy atom. The summed E-state index contributed by atoms with van der Waals surface area (Å²) in [4.78, 5) is 54.0. The van der Waals surface area contributed by atoms with Crippen LogP contribution in [0.25, 0.3) is 0 Å². The molecule has 0 aromatic heterocycles. The SMILES string of the molecule is O=C(O)Cc1ccc(NC(=O)C2(O)CCOC(=O)C2)cc1.O=C1CCC(=O)N1. The van der Waals surface area contributed by atoms with Gasteiger partial charge in [0.2, 0.25) is 11.8 Å². The number of carbonyl (C=O) groups excluding carboxylic acids is 4. The van der Waals surface area contributed by atoms with Crippen molar-refractivity contribution in [1.82, 2.24) is 5.32 Å². The van der Waals surface area contributed by atoms with Gasteiger partial charge < -0.3 is 20.3 Å². The quantitative estimate of drug-likeness (QED) is 0.403. The number of aliphatic carboxylic acids is 1. The van der Waals surface area contributed by atoms with Crippen molar-refractivity contribution >= 4 is 35.3 Å². The van der Waals surface area contributed by atoms with Gasteiger partial charge in [-0.15, -0.1) is 0 Å². The molecule has 28 heavy (non-hydrogen) atoms. The van der Waals surface area contributed by atoms with Crippen LogP contribution in [-0.2, 0) is 35.1 Å². The Hall–Kier alpha value is -3.27. The molecule has 2 fully saturated rings. The fourth-order valence-corrected chi connectivity index (χ4v) is 2.54. The van der Waals surface area contributed by atoms with Crippen molar-refractivity contribution in [1.29, 1.82) is 0 Å². The van der Waals surface area contributed by atoms with Gasteiger partial charge in [0, 0.05) is 24.9 Å². The molecular formula is C18H20N2O8. The molecule has 0 spiro atoms. The van der Waals surface area contributed by atoms with Gasteiger partial charge in [0.15, 0.2) is 5.60 Å². The number of carboxylic acid groups (broad SMARTS) is 1. The second-order valence-electron chi connectivity index (χ2n) is 6.37. The molecule has 1 aromatic rings. The molecule has 150 valence electrons. The zero-order valence-corrected chi connectivity index (χ0v) is 14.9. The molecule has 3 rings (SSSR count). The summed E-state index contributed by atoms with van der Waals surface area (Å²) in [5, 5.41) is 23.5. The highest BCUT2D eigenvalue weighted by atomic mass is 16.5. The average molecular weight is 392 g/mol. The number of amides is 3. The molecule has 2 aliphatic heterocycles. The number of nitrogens with one attached hydrogen (secondary N) is 2. The summed E-state index contributed by atoms with van der Waals surface area (Å²) in [5.41, 5.74) is -0.753. The number of hydrogen-bond donors (Lipinski definition) is 4. The average Bonchev–Trinajstić information content (AvgIpc) is 2.99. The third-order valence-corrected chi connectivity index (χ3v) is 4.06. The van der Waals surface area contributed by atoms with E-state index in [1.165, 1.54) is 0 Å². The Bertz CT molecular complexity index is 775. The van der Waals surface area contributed by atoms with Crippen LogP contribution in [0.3, 0.4) is 0 Å². The normalized spacial score (nSPS) is 21.1. The maximum absolute atomic E-state index is 12.0. The Morgan fingerprint density at radius 1 is 1.11 bits per heavy atom. The zero-order valence-electron chi connectivity index (χ0n) is 14.9. The second-order valence-corrected chi connectivity index (χ2v) is 6.37. The van der Waals surface area contributed by atoms with Crippen LogP contribution in [0.4, 0.5) is 5.69 Å². The van der Waals surface area contributed by atoms with Gasteiger partial charge in [-0.25, -0.2) is 0 Å². The van der Waals surface area contributed by atoms with Crippen molar-refractivity contribution in [3.05, 3.63) is 29.8 Å². The van der Waals surface area contributed by atoms with Gasteiger partial charge in [-0.05, 0) is 17.7 Å². The minimum atomic E-state index is -1.77. The Balaban J connectivity index is 0.000000336. The molecule has 1 unspecified atom stereocenters. The fourth-order valence-electron chi connectivity index (χ4n) is 2.54. The van der Waals surface area contributed by atoms with E-state index >= 15 is 0 Å². The summed E-state index contributed by atoms with van der Waals surface area (Å²) >= 11 is 0. The highest BCUT2D eigenvalue weighted by molar-refractivity contribution is 6.01. The van der Waals surface area contributed by atoms with Gasteiger partial charge >= 0.3 is 11.9 Å². The van der Waals surface area contributed by atoms with Crippen LogP contribution < -0.4 is 10.6 Å². The lowest BCUT2D eigenvalue weighted by Gasteiger charge is -2.29. The van der Waals surface area contributed by atoms with E-state index in [1.54, 1.807) is 24.3 Å². The predicted molar refractivity (Wildman–Crippen MR) is 93.9 cm³/mol. The topological polar surface area (TPSA) is 159 Å². The third-order valence-electron chi connectivity index (χ3n) is 4.06. The zero-order chi connectivity index (χ0) is 20.7. The van der Waals surface area contributed by atoms with Gasteiger partial charge in [-0.1, -0.05) is 12.1 Å². The molecule has 2 heterocycles. The van der Waals surface area contributed by atoms with E-state index < -0.39 is 23.4 Å². The molecule has 0 bridgehead atoms. The summed E-state index contributed by atoms with van der Waals surface area (Å²) in [6.07, 6.45) is 0.305. The molecule has 2 aliphatic rings. The van der Waals surface area contributed by atoms with Gasteiger partial charge in [-0.2, -0.15) is 0 Å². The van der Waals surface area contributed by atoms with E-state index in [0.29, 0.717) is 24.1 Å². The lowest BCUT2D eigenvalue weighted by Crippen LogP contribution is -2.48. The number of imide groups is 1. The lowest BCUT2D eigenvalue weighted by molar-refractivity contribution is -0.165. The van der Waals surface area contributed by atoms with Gasteiger partial charge in [0.25, 0.3) is 5.91 Å². The highest BCUT2D eigenvalue weighted by Crippen LogP contribution is 2.23. The van der Waals surface area contributed by atoms with E-state index in [-0.39, 0.29) is 37.7 Å². The summed E-state index contributed by atoms with van der Waals surface area (Å²) in [6.45, 7) is 0.000300. The first-order valence-corrected chi connectivity index (χ1v) is 8.51. The number of carboxylic acids is 1. The molecule has 0 aliphatic carbocycles. The number of hydrogen-bond acceptors (Lipinski definition) is 7. The molecule has 0 saturated carbocycles. The van der Waals surface area contributed by atoms with Crippen LogP contribution in [0.5, 0.6) is 0 Å². The summed E-state index contributed by atoms with van der Waals surface area (Å²) in [5.74, 6) is -2.53. The maximum atomic E-state index is 12.0. The van der Waals surface area contributed by atoms with E-state index in [4.69, 9.17) is 9.84 Å². The van der Waals surface area contributed by atoms with Crippen molar-refractivity contribution in [2.75, 3.05) is 11.9 Å². The largest absolute Gasteiger partial charge is 0.481 e. The number of rotatable bonds is 4. The van der Waals surface area contributed by atoms with E-state index in [2.05, 4.69) is 10.6 Å². The van der Waals surface area contributed by atoms with Crippen LogP contribution in [0.1, 0.15) is 31.2 Å². The van der Waals surface area contributed by atoms with Crippen molar-refractivity contribution in [2.45, 2.75) is 37.7 Å². The monoisotopic (exact) mass is 392 g/mol. The number of carbonyl (C=O) groups is 5. The van der Waals surface area contributed by atoms with Crippen LogP contribution in [0.2, 0.25) is 0 Å². The molecule has 0 radical (unpaired) electrons. The van der Waals surface area contributed by atoms with Crippen molar-refractivity contribution < 1.29 is 38.9 Å². The van der Waals surface area contributed by atoms with E-state index in [1.807, 2.05) is 0 Å². The number of cyclic esters (lactones) is 1. The Labute approximate surface area is 159 Å². The number of anilines is 1. The second kappa shape index (κ2) is 9.09. The summed E-state index contributed by atoms with van der Waals surface area (Å²) in [6, 6.07) is 6.23. The number of ether oxygens (including phenoxy) is 1.